The van der Waals surface area contributed by atoms with E-state index in [2.05, 4.69) is 0 Å². The van der Waals surface area contributed by atoms with Crippen LogP contribution in [-0.2, 0) is 4.79 Å². The van der Waals surface area contributed by atoms with Crippen LogP contribution < -0.4 is 4.90 Å². The summed E-state index contributed by atoms with van der Waals surface area (Å²) in [5.41, 5.74) is 1.25. The minimum absolute atomic E-state index is 0.0111. The van der Waals surface area contributed by atoms with Crippen LogP contribution >= 0.6 is 11.6 Å². The minimum Gasteiger partial charge on any atom is -0.364 e. The average molecular weight is 255 g/mol. The van der Waals surface area contributed by atoms with Gasteiger partial charge in [0.15, 0.2) is 0 Å². The number of hydrogen-bond acceptors (Lipinski definition) is 3. The topological polar surface area (TPSA) is 40.6 Å². The zero-order chi connectivity index (χ0) is 13.0. The minimum atomic E-state index is -0.0111. The van der Waals surface area contributed by atoms with Gasteiger partial charge < -0.3 is 9.80 Å². The zero-order valence-electron chi connectivity index (χ0n) is 10.1. The highest BCUT2D eigenvalue weighted by atomic mass is 35.5. The van der Waals surface area contributed by atoms with Crippen molar-refractivity contribution in [2.75, 3.05) is 32.6 Å². The number of rotatable bonds is 4. The summed E-state index contributed by atoms with van der Waals surface area (Å²) in [7, 11) is 5.18. The highest BCUT2D eigenvalue weighted by Gasteiger charge is 2.12. The van der Waals surface area contributed by atoms with Gasteiger partial charge in [0.1, 0.15) is 6.29 Å². The molecule has 0 radical (unpaired) electrons. The van der Waals surface area contributed by atoms with Gasteiger partial charge in [-0.25, -0.2) is 0 Å². The van der Waals surface area contributed by atoms with Crippen molar-refractivity contribution in [3.8, 4) is 0 Å². The van der Waals surface area contributed by atoms with Crippen LogP contribution in [0.1, 0.15) is 10.4 Å². The molecule has 1 aromatic carbocycles. The summed E-state index contributed by atoms with van der Waals surface area (Å²) in [6.07, 6.45) is 0.737. The number of likely N-dealkylation sites (N-methyl/N-ethyl adjacent to an activating group) is 2. The van der Waals surface area contributed by atoms with Crippen molar-refractivity contribution in [3.63, 3.8) is 0 Å². The van der Waals surface area contributed by atoms with E-state index in [9.17, 15) is 9.59 Å². The summed E-state index contributed by atoms with van der Waals surface area (Å²) in [4.78, 5) is 25.4. The Morgan fingerprint density at radius 2 is 2.00 bits per heavy atom. The summed E-state index contributed by atoms with van der Waals surface area (Å²) in [6.45, 7) is 0.243. The maximum atomic E-state index is 11.5. The van der Waals surface area contributed by atoms with E-state index in [1.165, 1.54) is 4.90 Å². The molecular weight excluding hydrogens is 240 g/mol. The number of halogens is 1. The predicted octanol–water partition coefficient (Wildman–Crippen LogP) is 1.68. The number of carbonyl (C=O) groups excluding carboxylic acids is 2. The van der Waals surface area contributed by atoms with E-state index < -0.39 is 0 Å². The quantitative estimate of drug-likeness (QED) is 0.768. The number of anilines is 1. The molecule has 0 saturated carbocycles. The van der Waals surface area contributed by atoms with E-state index in [1.54, 1.807) is 44.2 Å². The Hall–Kier alpha value is -1.55. The Labute approximate surface area is 106 Å². The normalized spacial score (nSPS) is 9.88. The predicted molar refractivity (Wildman–Crippen MR) is 68.8 cm³/mol. The third kappa shape index (κ3) is 3.46. The van der Waals surface area contributed by atoms with Crippen molar-refractivity contribution in [1.29, 1.82) is 0 Å². The van der Waals surface area contributed by atoms with Gasteiger partial charge in [0.2, 0.25) is 5.91 Å². The fourth-order valence-electron chi connectivity index (χ4n) is 1.34. The van der Waals surface area contributed by atoms with Crippen LogP contribution in [0.15, 0.2) is 18.2 Å². The monoisotopic (exact) mass is 254 g/mol. The van der Waals surface area contributed by atoms with Crippen LogP contribution in [0, 0.1) is 0 Å². The van der Waals surface area contributed by atoms with Gasteiger partial charge in [-0.15, -0.1) is 0 Å². The number of aldehydes is 1. The lowest BCUT2D eigenvalue weighted by Gasteiger charge is -2.22. The fourth-order valence-corrected chi connectivity index (χ4v) is 1.67. The molecule has 4 nitrogen and oxygen atoms in total. The maximum absolute atomic E-state index is 11.5. The van der Waals surface area contributed by atoms with Crippen LogP contribution in [0.5, 0.6) is 0 Å². The molecule has 1 rings (SSSR count). The van der Waals surface area contributed by atoms with E-state index in [0.29, 0.717) is 10.6 Å². The van der Waals surface area contributed by atoms with Crippen LogP contribution in [0.25, 0.3) is 0 Å². The standard InChI is InChI=1S/C12H15ClN2O2/c1-14(2)12(17)7-15(3)11-5-4-9(8-16)6-10(11)13/h4-6,8H,7H2,1-3H3. The molecule has 0 saturated heterocycles. The van der Waals surface area contributed by atoms with Crippen molar-refractivity contribution >= 4 is 29.5 Å². The Morgan fingerprint density at radius 1 is 1.35 bits per heavy atom. The Kier molecular flexibility index (Phi) is 4.52. The van der Waals surface area contributed by atoms with Crippen LogP contribution in [0.3, 0.4) is 0 Å². The summed E-state index contributed by atoms with van der Waals surface area (Å²) >= 11 is 6.04. The molecule has 0 fully saturated rings. The van der Waals surface area contributed by atoms with Crippen molar-refractivity contribution < 1.29 is 9.59 Å². The molecule has 1 amide bonds. The molecule has 0 atom stereocenters. The van der Waals surface area contributed by atoms with Crippen molar-refractivity contribution in [3.05, 3.63) is 28.8 Å². The summed E-state index contributed by atoms with van der Waals surface area (Å²) in [5, 5.41) is 0.462. The van der Waals surface area contributed by atoms with Gasteiger partial charge in [-0.05, 0) is 18.2 Å². The molecule has 0 aromatic heterocycles. The van der Waals surface area contributed by atoms with Gasteiger partial charge in [0.05, 0.1) is 17.3 Å². The van der Waals surface area contributed by atoms with Crippen LogP contribution in [0.4, 0.5) is 5.69 Å². The first kappa shape index (κ1) is 13.5. The molecule has 0 spiro atoms. The van der Waals surface area contributed by atoms with E-state index >= 15 is 0 Å². The molecule has 0 aliphatic heterocycles. The Morgan fingerprint density at radius 3 is 2.47 bits per heavy atom. The van der Waals surface area contributed by atoms with Gasteiger partial charge in [-0.2, -0.15) is 0 Å². The third-order valence-electron chi connectivity index (χ3n) is 2.39. The molecule has 0 unspecified atom stereocenters. The first-order valence-corrected chi connectivity index (χ1v) is 5.49. The number of benzene rings is 1. The number of hydrogen-bond donors (Lipinski definition) is 0. The molecule has 1 aromatic rings. The lowest BCUT2D eigenvalue weighted by atomic mass is 10.2. The molecule has 0 bridgehead atoms. The van der Waals surface area contributed by atoms with Crippen molar-refractivity contribution in [1.82, 2.24) is 4.90 Å². The molecule has 0 heterocycles. The lowest BCUT2D eigenvalue weighted by Crippen LogP contribution is -2.34. The molecular formula is C12H15ClN2O2. The third-order valence-corrected chi connectivity index (χ3v) is 2.69. The largest absolute Gasteiger partial charge is 0.364 e. The number of amides is 1. The first-order valence-electron chi connectivity index (χ1n) is 5.11. The maximum Gasteiger partial charge on any atom is 0.241 e. The molecule has 92 valence electrons. The SMILES string of the molecule is CN(C)C(=O)CN(C)c1ccc(C=O)cc1Cl. The summed E-state index contributed by atoms with van der Waals surface area (Å²) < 4.78 is 0. The van der Waals surface area contributed by atoms with E-state index in [1.807, 2.05) is 0 Å². The molecule has 17 heavy (non-hydrogen) atoms. The number of nitrogens with zero attached hydrogens (tertiary/aromatic N) is 2. The Bertz CT molecular complexity index is 433. The second-order valence-corrected chi connectivity index (χ2v) is 4.38. The highest BCUT2D eigenvalue weighted by molar-refractivity contribution is 6.33. The van der Waals surface area contributed by atoms with Crippen LogP contribution in [-0.4, -0.2) is 44.8 Å². The molecule has 0 N–H and O–H groups in total. The summed E-state index contributed by atoms with van der Waals surface area (Å²) in [6, 6.07) is 4.99. The second-order valence-electron chi connectivity index (χ2n) is 3.97. The smallest absolute Gasteiger partial charge is 0.241 e. The van der Waals surface area contributed by atoms with Gasteiger partial charge in [0, 0.05) is 26.7 Å². The van der Waals surface area contributed by atoms with Crippen LogP contribution in [0.2, 0.25) is 5.02 Å². The Balaban J connectivity index is 2.85. The van der Waals surface area contributed by atoms with Gasteiger partial charge >= 0.3 is 0 Å². The lowest BCUT2D eigenvalue weighted by molar-refractivity contribution is -0.127. The van der Waals surface area contributed by atoms with E-state index in [-0.39, 0.29) is 12.5 Å². The van der Waals surface area contributed by atoms with Gasteiger partial charge in [-0.1, -0.05) is 11.6 Å². The van der Waals surface area contributed by atoms with Gasteiger partial charge in [0.25, 0.3) is 0 Å². The van der Waals surface area contributed by atoms with Crippen molar-refractivity contribution in [2.24, 2.45) is 0 Å². The molecule has 0 aliphatic carbocycles. The van der Waals surface area contributed by atoms with E-state index in [0.717, 1.165) is 12.0 Å². The summed E-state index contributed by atoms with van der Waals surface area (Å²) in [5.74, 6) is -0.0111. The van der Waals surface area contributed by atoms with E-state index in [4.69, 9.17) is 11.6 Å². The number of carbonyl (C=O) groups is 2. The highest BCUT2D eigenvalue weighted by Crippen LogP contribution is 2.25. The van der Waals surface area contributed by atoms with Gasteiger partial charge in [-0.3, -0.25) is 9.59 Å². The molecule has 0 aliphatic rings. The second kappa shape index (κ2) is 5.68. The molecule has 5 heteroatoms. The average Bonchev–Trinajstić information content (AvgIpc) is 2.28. The first-order chi connectivity index (χ1) is 7.95. The zero-order valence-corrected chi connectivity index (χ0v) is 10.9. The fraction of sp³-hybridized carbons (Fsp3) is 0.333. The van der Waals surface area contributed by atoms with Crippen molar-refractivity contribution in [2.45, 2.75) is 0 Å².